The summed E-state index contributed by atoms with van der Waals surface area (Å²) >= 11 is 0. The molecule has 8 heteroatoms. The Labute approximate surface area is 238 Å². The maximum absolute atomic E-state index is 14.7. The van der Waals surface area contributed by atoms with E-state index in [1.165, 1.54) is 18.7 Å². The molecule has 1 aliphatic rings. The van der Waals surface area contributed by atoms with Crippen molar-refractivity contribution in [3.63, 3.8) is 0 Å². The van der Waals surface area contributed by atoms with E-state index < -0.39 is 0 Å². The lowest BCUT2D eigenvalue weighted by molar-refractivity contribution is 0.102. The van der Waals surface area contributed by atoms with E-state index in [0.717, 1.165) is 30.9 Å². The van der Waals surface area contributed by atoms with Crippen molar-refractivity contribution in [3.05, 3.63) is 71.1 Å². The molecule has 0 saturated carbocycles. The number of benzene rings is 1. The Hall–Kier alpha value is -3.10. The Morgan fingerprint density at radius 3 is 2.64 bits per heavy atom. The van der Waals surface area contributed by atoms with Crippen molar-refractivity contribution >= 4 is 17.8 Å². The summed E-state index contributed by atoms with van der Waals surface area (Å²) < 4.78 is 14.7. The van der Waals surface area contributed by atoms with Crippen molar-refractivity contribution in [2.75, 3.05) is 32.0 Å². The van der Waals surface area contributed by atoms with Crippen LogP contribution in [-0.4, -0.2) is 54.7 Å². The molecule has 0 spiro atoms. The molecule has 2 aromatic rings. The summed E-state index contributed by atoms with van der Waals surface area (Å²) in [5.74, 6) is 0.345. The third kappa shape index (κ3) is 10.5. The lowest BCUT2D eigenvalue weighted by atomic mass is 10.1. The predicted octanol–water partition coefficient (Wildman–Crippen LogP) is 6.69. The molecule has 0 radical (unpaired) electrons. The van der Waals surface area contributed by atoms with Gasteiger partial charge in [0.05, 0.1) is 11.3 Å². The molecular formula is C31H53FN6O. The number of hydrogen-bond donors (Lipinski definition) is 3. The molecule has 1 aliphatic heterocycles. The van der Waals surface area contributed by atoms with Crippen molar-refractivity contribution in [2.24, 2.45) is 16.8 Å². The van der Waals surface area contributed by atoms with E-state index in [9.17, 15) is 9.18 Å². The van der Waals surface area contributed by atoms with Crippen molar-refractivity contribution in [1.29, 1.82) is 0 Å². The van der Waals surface area contributed by atoms with Crippen LogP contribution < -0.4 is 16.0 Å². The number of allylic oxidation sites excluding steroid dienone is 1. The third-order valence-corrected chi connectivity index (χ3v) is 6.47. The number of carbonyl (C=O) groups is 1. The Morgan fingerprint density at radius 1 is 1.26 bits per heavy atom. The van der Waals surface area contributed by atoms with Crippen LogP contribution >= 0.6 is 0 Å². The number of amides is 1. The summed E-state index contributed by atoms with van der Waals surface area (Å²) in [6.07, 6.45) is 8.42. The summed E-state index contributed by atoms with van der Waals surface area (Å²) in [7, 11) is 2.10. The van der Waals surface area contributed by atoms with Gasteiger partial charge in [-0.15, -0.1) is 0 Å². The van der Waals surface area contributed by atoms with Crippen molar-refractivity contribution in [1.82, 2.24) is 20.5 Å². The van der Waals surface area contributed by atoms with Crippen LogP contribution in [0.4, 0.5) is 10.1 Å². The highest BCUT2D eigenvalue weighted by molar-refractivity contribution is 6.04. The summed E-state index contributed by atoms with van der Waals surface area (Å²) in [4.78, 5) is 23.7. The van der Waals surface area contributed by atoms with Gasteiger partial charge in [0.1, 0.15) is 5.82 Å². The van der Waals surface area contributed by atoms with Gasteiger partial charge < -0.3 is 20.9 Å². The highest BCUT2D eigenvalue weighted by Crippen LogP contribution is 2.22. The van der Waals surface area contributed by atoms with E-state index in [0.29, 0.717) is 22.7 Å². The molecule has 1 fully saturated rings. The summed E-state index contributed by atoms with van der Waals surface area (Å²) in [5.41, 5.74) is 3.38. The van der Waals surface area contributed by atoms with Crippen LogP contribution in [0, 0.1) is 24.6 Å². The average Bonchev–Trinajstić information content (AvgIpc) is 3.41. The Balaban J connectivity index is 0. The average molecular weight is 545 g/mol. The van der Waals surface area contributed by atoms with Gasteiger partial charge in [-0.05, 0) is 81.9 Å². The van der Waals surface area contributed by atoms with Gasteiger partial charge in [0, 0.05) is 66.0 Å². The van der Waals surface area contributed by atoms with E-state index in [-0.39, 0.29) is 34.0 Å². The number of halogens is 1. The first-order valence-corrected chi connectivity index (χ1v) is 14.1. The van der Waals surface area contributed by atoms with E-state index in [2.05, 4.69) is 52.9 Å². The van der Waals surface area contributed by atoms with Crippen LogP contribution in [0.3, 0.4) is 0 Å². The number of nitrogens with zero attached hydrogens (tertiary/aromatic N) is 3. The first-order chi connectivity index (χ1) is 18.6. The highest BCUT2D eigenvalue weighted by atomic mass is 19.1. The van der Waals surface area contributed by atoms with Crippen LogP contribution in [0.1, 0.15) is 79.8 Å². The molecule has 2 unspecified atom stereocenters. The fraction of sp³-hybridized carbons (Fsp3) is 0.516. The van der Waals surface area contributed by atoms with Crippen molar-refractivity contribution < 1.29 is 13.5 Å². The topological polar surface area (TPSA) is 81.6 Å². The second kappa shape index (κ2) is 16.1. The van der Waals surface area contributed by atoms with Gasteiger partial charge in [-0.25, -0.2) is 4.39 Å². The number of hydrogen-bond acceptors (Lipinski definition) is 6. The Kier molecular flexibility index (Phi) is 13.3. The van der Waals surface area contributed by atoms with Gasteiger partial charge in [-0.3, -0.25) is 14.8 Å². The normalized spacial score (nSPS) is 17.1. The molecule has 7 nitrogen and oxygen atoms in total. The molecular weight excluding hydrogens is 491 g/mol. The van der Waals surface area contributed by atoms with Crippen molar-refractivity contribution in [2.45, 2.75) is 67.0 Å². The molecule has 220 valence electrons. The van der Waals surface area contributed by atoms with Crippen LogP contribution in [0.15, 0.2) is 53.5 Å². The molecule has 0 bridgehead atoms. The first-order valence-electron chi connectivity index (χ1n) is 14.1. The van der Waals surface area contributed by atoms with Crippen LogP contribution in [0.25, 0.3) is 0 Å². The fourth-order valence-corrected chi connectivity index (χ4v) is 4.45. The minimum absolute atomic E-state index is 0. The number of pyridine rings is 1. The number of nitrogens with one attached hydrogen (secondary N) is 3. The number of aryl methyl sites for hydroxylation is 1. The van der Waals surface area contributed by atoms with Crippen LogP contribution in [0.2, 0.25) is 0 Å². The number of anilines is 1. The first kappa shape index (κ1) is 32.1. The van der Waals surface area contributed by atoms with Gasteiger partial charge in [0.2, 0.25) is 0 Å². The molecule has 1 aromatic carbocycles. The van der Waals surface area contributed by atoms with Gasteiger partial charge in [0.25, 0.3) is 5.91 Å². The second-order valence-electron chi connectivity index (χ2n) is 10.4. The lowest BCUT2D eigenvalue weighted by Crippen LogP contribution is -2.31. The molecule has 0 aliphatic carbocycles. The van der Waals surface area contributed by atoms with Gasteiger partial charge in [-0.2, -0.15) is 0 Å². The summed E-state index contributed by atoms with van der Waals surface area (Å²) in [5, 5.41) is 9.66. The summed E-state index contributed by atoms with van der Waals surface area (Å²) in [6, 6.07) is 6.01. The standard InChI is InChI=1S/C29H41FN6O.C2H6.3H2/c1-19(2)28(18-36(6)17-23-9-10-31-15-23)33-14-21(4)34-22(5)26-12-25(7-8-27(26)30)35-29(37)24-11-20(3)13-32-16-24;1-2;;;/h7-8,11-14,16,18-19,21-23,31,34H,9-10,15,17H2,1-6H3,(H,35,37);1-2H3;3*1H/b28-18+,33-14?;;;;/t21?,22-,23?;;;;/m0..../s1. The quantitative estimate of drug-likeness (QED) is 0.275. The molecule has 2 heterocycles. The van der Waals surface area contributed by atoms with Crippen LogP contribution in [-0.2, 0) is 0 Å². The lowest BCUT2D eigenvalue weighted by Gasteiger charge is -2.21. The SMILES string of the molecule is CC.Cc1cncc(C(=O)Nc2ccc(F)c([C@H](C)NC(C)C=N/C(=C/N(C)CC3CCNC3)C(C)C)c2)c1.[HH].[HH].[HH]. The third-order valence-electron chi connectivity index (χ3n) is 6.47. The molecule has 1 aromatic heterocycles. The van der Waals surface area contributed by atoms with E-state index in [4.69, 9.17) is 4.99 Å². The number of carbonyl (C=O) groups excluding carboxylic acids is 1. The molecule has 3 rings (SSSR count). The van der Waals surface area contributed by atoms with Crippen LogP contribution in [0.5, 0.6) is 0 Å². The van der Waals surface area contributed by atoms with E-state index in [1.807, 2.05) is 40.8 Å². The molecule has 3 N–H and O–H groups in total. The zero-order chi connectivity index (χ0) is 28.9. The second-order valence-corrected chi connectivity index (χ2v) is 10.4. The van der Waals surface area contributed by atoms with Gasteiger partial charge >= 0.3 is 0 Å². The minimum Gasteiger partial charge on any atom is -0.379 e. The minimum atomic E-state index is -0.329. The zero-order valence-corrected chi connectivity index (χ0v) is 24.9. The maximum Gasteiger partial charge on any atom is 0.257 e. The molecule has 3 atom stereocenters. The van der Waals surface area contributed by atoms with E-state index >= 15 is 0 Å². The number of aromatic nitrogens is 1. The Bertz CT molecular complexity index is 1130. The molecule has 1 saturated heterocycles. The highest BCUT2D eigenvalue weighted by Gasteiger charge is 2.17. The molecule has 1 amide bonds. The Morgan fingerprint density at radius 2 is 2.00 bits per heavy atom. The summed E-state index contributed by atoms with van der Waals surface area (Å²) in [6.45, 7) is 17.2. The molecule has 39 heavy (non-hydrogen) atoms. The largest absolute Gasteiger partial charge is 0.379 e. The monoisotopic (exact) mass is 544 g/mol. The maximum atomic E-state index is 14.7. The van der Waals surface area contributed by atoms with Crippen molar-refractivity contribution in [3.8, 4) is 0 Å². The fourth-order valence-electron chi connectivity index (χ4n) is 4.45. The van der Waals surface area contributed by atoms with E-state index in [1.54, 1.807) is 24.4 Å². The predicted molar refractivity (Wildman–Crippen MR) is 167 cm³/mol. The van der Waals surface area contributed by atoms with Gasteiger partial charge in [-0.1, -0.05) is 27.7 Å². The number of rotatable bonds is 11. The zero-order valence-electron chi connectivity index (χ0n) is 24.9. The van der Waals surface area contributed by atoms with Gasteiger partial charge in [0.15, 0.2) is 0 Å². The number of aliphatic imine (C=N–C) groups is 1. The smallest absolute Gasteiger partial charge is 0.257 e.